The van der Waals surface area contributed by atoms with E-state index in [2.05, 4.69) is 15.0 Å². The lowest BCUT2D eigenvalue weighted by atomic mass is 10.1. The van der Waals surface area contributed by atoms with Crippen LogP contribution in [-0.2, 0) is 11.3 Å². The Balaban J connectivity index is 1.17. The van der Waals surface area contributed by atoms with Crippen LogP contribution in [0.4, 0.5) is 0 Å². The molecule has 0 unspecified atom stereocenters. The Hall–Kier alpha value is -3.56. The molecular weight excluding hydrogens is 462 g/mol. The lowest BCUT2D eigenvalue weighted by molar-refractivity contribution is -0.135. The third-order valence-electron chi connectivity index (χ3n) is 6.27. The molecule has 2 aromatic heterocycles. The van der Waals surface area contributed by atoms with Crippen LogP contribution in [0.1, 0.15) is 16.8 Å². The molecule has 35 heavy (non-hydrogen) atoms. The normalized spacial score (nSPS) is 14.4. The second kappa shape index (κ2) is 9.97. The van der Waals surface area contributed by atoms with Crippen LogP contribution in [0.15, 0.2) is 59.4 Å². The summed E-state index contributed by atoms with van der Waals surface area (Å²) in [7, 11) is 0. The third kappa shape index (κ3) is 5.26. The number of hydrogen-bond acceptors (Lipinski definition) is 7. The summed E-state index contributed by atoms with van der Waals surface area (Å²) in [6.07, 6.45) is 0. The molecule has 8 nitrogen and oxygen atoms in total. The molecule has 1 fully saturated rings. The van der Waals surface area contributed by atoms with E-state index in [1.165, 1.54) is 21.4 Å². The summed E-state index contributed by atoms with van der Waals surface area (Å²) < 4.78 is 7.07. The first-order chi connectivity index (χ1) is 17.0. The van der Waals surface area contributed by atoms with Crippen molar-refractivity contribution in [3.05, 3.63) is 81.8 Å². The highest BCUT2D eigenvalue weighted by molar-refractivity contribution is 7.19. The zero-order valence-corrected chi connectivity index (χ0v) is 20.6. The molecule has 0 atom stereocenters. The average Bonchev–Trinajstić information content (AvgIpc) is 3.30. The summed E-state index contributed by atoms with van der Waals surface area (Å²) in [4.78, 5) is 34.6. The summed E-state index contributed by atoms with van der Waals surface area (Å²) in [6.45, 7) is 7.35. The highest BCUT2D eigenvalue weighted by Crippen LogP contribution is 2.24. The predicted octanol–water partition coefficient (Wildman–Crippen LogP) is 3.16. The van der Waals surface area contributed by atoms with Gasteiger partial charge in [-0.1, -0.05) is 47.7 Å². The van der Waals surface area contributed by atoms with Gasteiger partial charge >= 0.3 is 0 Å². The van der Waals surface area contributed by atoms with E-state index < -0.39 is 0 Å². The summed E-state index contributed by atoms with van der Waals surface area (Å²) >= 11 is 1.41. The quantitative estimate of drug-likeness (QED) is 0.414. The van der Waals surface area contributed by atoms with Crippen LogP contribution in [0.3, 0.4) is 0 Å². The summed E-state index contributed by atoms with van der Waals surface area (Å²) in [5.74, 6) is 0.699. The van der Waals surface area contributed by atoms with Crippen LogP contribution < -0.4 is 10.3 Å². The van der Waals surface area contributed by atoms with E-state index in [4.69, 9.17) is 4.74 Å². The zero-order valence-electron chi connectivity index (χ0n) is 19.8. The number of fused-ring (bicyclic) bond motifs is 1. The summed E-state index contributed by atoms with van der Waals surface area (Å²) in [6, 6.07) is 17.2. The Morgan fingerprint density at radius 3 is 2.51 bits per heavy atom. The molecule has 3 heterocycles. The maximum atomic E-state index is 12.6. The molecule has 1 aliphatic rings. The number of hydrogen-bond donors (Lipinski definition) is 0. The average molecular weight is 490 g/mol. The topological polar surface area (TPSA) is 80.0 Å². The van der Waals surface area contributed by atoms with E-state index >= 15 is 0 Å². The first-order valence-corrected chi connectivity index (χ1v) is 12.4. The molecule has 180 valence electrons. The Morgan fingerprint density at radius 1 is 1.00 bits per heavy atom. The molecule has 0 bridgehead atoms. The van der Waals surface area contributed by atoms with Gasteiger partial charge in [-0.2, -0.15) is 9.61 Å². The molecule has 1 amide bonds. The number of nitrogens with zero attached hydrogens (tertiary/aromatic N) is 5. The summed E-state index contributed by atoms with van der Waals surface area (Å²) in [5, 5.41) is 5.20. The predicted molar refractivity (Wildman–Crippen MR) is 136 cm³/mol. The number of ether oxygens (including phenoxy) is 1. The largest absolute Gasteiger partial charge is 0.484 e. The smallest absolute Gasteiger partial charge is 0.275 e. The van der Waals surface area contributed by atoms with E-state index in [1.807, 2.05) is 67.3 Å². The van der Waals surface area contributed by atoms with E-state index in [0.717, 1.165) is 21.8 Å². The van der Waals surface area contributed by atoms with Crippen molar-refractivity contribution in [2.45, 2.75) is 20.4 Å². The monoisotopic (exact) mass is 489 g/mol. The minimum absolute atomic E-state index is 0.0150. The minimum atomic E-state index is -0.180. The Bertz CT molecular complexity index is 1410. The number of aryl methyl sites for hydroxylation is 2. The number of aromatic nitrogens is 3. The third-order valence-corrected chi connectivity index (χ3v) is 7.23. The fourth-order valence-corrected chi connectivity index (χ4v) is 4.99. The minimum Gasteiger partial charge on any atom is -0.484 e. The summed E-state index contributed by atoms with van der Waals surface area (Å²) in [5.41, 5.74) is 3.84. The number of rotatable bonds is 6. The lowest BCUT2D eigenvalue weighted by Gasteiger charge is -2.34. The van der Waals surface area contributed by atoms with Gasteiger partial charge in [-0.25, -0.2) is 4.98 Å². The van der Waals surface area contributed by atoms with Crippen LogP contribution in [-0.4, -0.2) is 63.1 Å². The number of piperazine rings is 1. The van der Waals surface area contributed by atoms with Gasteiger partial charge in [0.2, 0.25) is 4.96 Å². The van der Waals surface area contributed by atoms with Crippen LogP contribution >= 0.6 is 11.3 Å². The first-order valence-electron chi connectivity index (χ1n) is 11.6. The Labute approximate surface area is 207 Å². The van der Waals surface area contributed by atoms with Gasteiger partial charge in [-0.15, -0.1) is 0 Å². The van der Waals surface area contributed by atoms with Crippen LogP contribution in [0.2, 0.25) is 0 Å². The fourth-order valence-electron chi connectivity index (χ4n) is 4.06. The molecule has 1 saturated heterocycles. The standard InChI is InChI=1S/C26H27N5O3S/c1-18-8-9-22(14-19(18)2)34-17-24(33)30-12-10-29(11-13-30)16-21-15-23(32)31-26(27-21)35-25(28-31)20-6-4-3-5-7-20/h3-9,14-15H,10-13,16-17H2,1-2H3. The number of carbonyl (C=O) groups is 1. The van der Waals surface area contributed by atoms with Crippen molar-refractivity contribution in [3.63, 3.8) is 0 Å². The number of amides is 1. The van der Waals surface area contributed by atoms with Crippen molar-refractivity contribution in [2.24, 2.45) is 0 Å². The van der Waals surface area contributed by atoms with Crippen LogP contribution in [0.25, 0.3) is 15.5 Å². The van der Waals surface area contributed by atoms with Gasteiger partial charge in [0.25, 0.3) is 11.5 Å². The SMILES string of the molecule is Cc1ccc(OCC(=O)N2CCN(Cc3cc(=O)n4nc(-c5ccccc5)sc4n3)CC2)cc1C. The molecule has 0 saturated carbocycles. The van der Waals surface area contributed by atoms with Crippen molar-refractivity contribution in [1.29, 1.82) is 0 Å². The lowest BCUT2D eigenvalue weighted by Crippen LogP contribution is -2.49. The maximum absolute atomic E-state index is 12.6. The van der Waals surface area contributed by atoms with Gasteiger partial charge in [0.05, 0.1) is 5.69 Å². The molecule has 0 N–H and O–H groups in total. The van der Waals surface area contributed by atoms with Gasteiger partial charge in [0.1, 0.15) is 10.8 Å². The molecule has 1 aliphatic heterocycles. The number of benzene rings is 2. The fraction of sp³-hybridized carbons (Fsp3) is 0.308. The molecule has 0 radical (unpaired) electrons. The van der Waals surface area contributed by atoms with E-state index in [9.17, 15) is 9.59 Å². The molecule has 0 aliphatic carbocycles. The van der Waals surface area contributed by atoms with E-state index in [1.54, 1.807) is 6.07 Å². The van der Waals surface area contributed by atoms with Gasteiger partial charge in [-0.3, -0.25) is 14.5 Å². The van der Waals surface area contributed by atoms with Crippen molar-refractivity contribution in [2.75, 3.05) is 32.8 Å². The zero-order chi connectivity index (χ0) is 24.4. The van der Waals surface area contributed by atoms with Crippen LogP contribution in [0.5, 0.6) is 5.75 Å². The van der Waals surface area contributed by atoms with Gasteiger partial charge in [-0.05, 0) is 37.1 Å². The van der Waals surface area contributed by atoms with Crippen molar-refractivity contribution in [1.82, 2.24) is 24.4 Å². The molecule has 4 aromatic rings. The molecule has 2 aromatic carbocycles. The molecule has 5 rings (SSSR count). The Morgan fingerprint density at radius 2 is 1.77 bits per heavy atom. The first kappa shape index (κ1) is 23.2. The van der Waals surface area contributed by atoms with Crippen molar-refractivity contribution >= 4 is 22.2 Å². The van der Waals surface area contributed by atoms with Crippen LogP contribution in [0, 0.1) is 13.8 Å². The van der Waals surface area contributed by atoms with E-state index in [-0.39, 0.29) is 18.1 Å². The number of carbonyl (C=O) groups excluding carboxylic acids is 1. The maximum Gasteiger partial charge on any atom is 0.275 e. The second-order valence-electron chi connectivity index (χ2n) is 8.75. The van der Waals surface area contributed by atoms with Gasteiger partial charge in [0, 0.05) is 44.4 Å². The molecular formula is C26H27N5O3S. The second-order valence-corrected chi connectivity index (χ2v) is 9.70. The Kier molecular flexibility index (Phi) is 6.61. The van der Waals surface area contributed by atoms with Crippen molar-refractivity contribution < 1.29 is 9.53 Å². The van der Waals surface area contributed by atoms with Gasteiger partial charge in [0.15, 0.2) is 6.61 Å². The van der Waals surface area contributed by atoms with Gasteiger partial charge < -0.3 is 9.64 Å². The van der Waals surface area contributed by atoms with Crippen molar-refractivity contribution in [3.8, 4) is 16.3 Å². The highest BCUT2D eigenvalue weighted by atomic mass is 32.1. The highest BCUT2D eigenvalue weighted by Gasteiger charge is 2.22. The molecule has 9 heteroatoms. The molecule has 0 spiro atoms. The van der Waals surface area contributed by atoms with E-state index in [0.29, 0.717) is 43.4 Å².